The zero-order valence-electron chi connectivity index (χ0n) is 66.7. The van der Waals surface area contributed by atoms with Gasteiger partial charge in [0.2, 0.25) is 0 Å². The highest BCUT2D eigenvalue weighted by Gasteiger charge is 2.35. The third-order valence-corrected chi connectivity index (χ3v) is 12.8. The average Bonchev–Trinajstić information content (AvgIpc) is 0.845. The Balaban J connectivity index is -0.000000569. The molecule has 100 heavy (non-hydrogen) atoms. The average molecular weight is 1370 g/mol. The molecule has 0 unspecified atom stereocenters. The Morgan fingerprint density at radius 1 is 0.200 bits per heavy atom. The van der Waals surface area contributed by atoms with Gasteiger partial charge in [-0.25, -0.2) is 0 Å². The highest BCUT2D eigenvalue weighted by atomic mass is 19.3. The molecule has 0 aliphatic carbocycles. The lowest BCUT2D eigenvalue weighted by molar-refractivity contribution is -0.186. The van der Waals surface area contributed by atoms with E-state index in [1.165, 1.54) is 86.5 Å². The van der Waals surface area contributed by atoms with Crippen LogP contribution in [-0.4, -0.2) is 0 Å². The minimum Gasteiger partial charge on any atom is -0.489 e. The van der Waals surface area contributed by atoms with Gasteiger partial charge in [0.05, 0.1) is 11.1 Å². The summed E-state index contributed by atoms with van der Waals surface area (Å²) in [6, 6.07) is 75.2. The number of hydrogen-bond donors (Lipinski definition) is 0. The van der Waals surface area contributed by atoms with E-state index in [9.17, 15) is 17.6 Å². The van der Waals surface area contributed by atoms with Gasteiger partial charge < -0.3 is 18.9 Å². The molecule has 4 nitrogen and oxygen atoms in total. The lowest BCUT2D eigenvalue weighted by atomic mass is 10.0. The molecule has 0 aliphatic heterocycles. The Labute approximate surface area is 607 Å². The molecule has 0 spiro atoms. The number of rotatable bonds is 14. The zero-order chi connectivity index (χ0) is 77.1. The molecule has 8 heteroatoms. The molecule has 10 aromatic carbocycles. The van der Waals surface area contributed by atoms with Crippen LogP contribution in [0.2, 0.25) is 0 Å². The molecular formula is C92H128F4O4. The van der Waals surface area contributed by atoms with Gasteiger partial charge in [0.25, 0.3) is 0 Å². The summed E-state index contributed by atoms with van der Waals surface area (Å²) < 4.78 is 77.3. The molecule has 0 heterocycles. The first-order valence-electron chi connectivity index (χ1n) is 36.5. The molecule has 0 saturated carbocycles. The lowest BCUT2D eigenvalue weighted by Gasteiger charge is -2.18. The van der Waals surface area contributed by atoms with E-state index in [-0.39, 0.29) is 22.6 Å². The lowest BCUT2D eigenvalue weighted by Crippen LogP contribution is -2.21. The highest BCUT2D eigenvalue weighted by molar-refractivity contribution is 5.65. The molecule has 0 aliphatic rings. The smallest absolute Gasteiger partial charge is 0.426 e. The number of alkyl halides is 4. The first kappa shape index (κ1) is 97.5. The highest BCUT2D eigenvalue weighted by Crippen LogP contribution is 2.34. The van der Waals surface area contributed by atoms with Crippen molar-refractivity contribution in [1.82, 2.24) is 0 Å². The monoisotopic (exact) mass is 1370 g/mol. The van der Waals surface area contributed by atoms with Crippen molar-refractivity contribution in [3.8, 4) is 45.3 Å². The number of hydrogen-bond acceptors (Lipinski definition) is 4. The molecule has 0 bridgehead atoms. The Bertz CT molecular complexity index is 3370. The van der Waals surface area contributed by atoms with Gasteiger partial charge in [-0.15, -0.1) is 0 Å². The van der Waals surface area contributed by atoms with Crippen molar-refractivity contribution < 1.29 is 36.5 Å². The topological polar surface area (TPSA) is 36.9 Å². The fourth-order valence-corrected chi connectivity index (χ4v) is 7.80. The maximum absolute atomic E-state index is 14.2. The van der Waals surface area contributed by atoms with Crippen molar-refractivity contribution >= 4 is 0 Å². The Kier molecular flexibility index (Phi) is 58.6. The van der Waals surface area contributed by atoms with Crippen LogP contribution in [0.15, 0.2) is 243 Å². The summed E-state index contributed by atoms with van der Waals surface area (Å²) in [4.78, 5) is 0. The molecule has 0 amide bonds. The Morgan fingerprint density at radius 3 is 0.570 bits per heavy atom. The van der Waals surface area contributed by atoms with E-state index in [0.29, 0.717) is 13.2 Å². The van der Waals surface area contributed by atoms with Crippen LogP contribution in [0.3, 0.4) is 0 Å². The van der Waals surface area contributed by atoms with Gasteiger partial charge in [0, 0.05) is 0 Å². The second-order valence-corrected chi connectivity index (χ2v) is 19.9. The van der Waals surface area contributed by atoms with Crippen molar-refractivity contribution in [2.45, 2.75) is 219 Å². The van der Waals surface area contributed by atoms with E-state index in [4.69, 9.17) is 18.9 Å². The number of halogens is 4. The van der Waals surface area contributed by atoms with Crippen LogP contribution in [-0.2, 0) is 25.4 Å². The maximum atomic E-state index is 14.2. The predicted octanol–water partition coefficient (Wildman–Crippen LogP) is 30.2. The van der Waals surface area contributed by atoms with E-state index in [1.807, 2.05) is 215 Å². The summed E-state index contributed by atoms with van der Waals surface area (Å²) in [6.07, 6.45) is -6.68. The summed E-state index contributed by atoms with van der Waals surface area (Å²) in [5, 5.41) is 0. The minimum atomic E-state index is -3.36. The second-order valence-electron chi connectivity index (χ2n) is 19.9. The maximum Gasteiger partial charge on any atom is 0.426 e. The molecule has 10 rings (SSSR count). The molecule has 548 valence electrons. The summed E-state index contributed by atoms with van der Waals surface area (Å²) >= 11 is 0. The first-order chi connectivity index (χ1) is 48.3. The van der Waals surface area contributed by atoms with Crippen LogP contribution in [0.4, 0.5) is 17.6 Å². The quantitative estimate of drug-likeness (QED) is 0.102. The van der Waals surface area contributed by atoms with Gasteiger partial charge in [0.1, 0.15) is 36.2 Å². The van der Waals surface area contributed by atoms with Gasteiger partial charge in [-0.1, -0.05) is 353 Å². The molecule has 0 radical (unpaired) electrons. The number of aryl methyl sites for hydroxylation is 8. The van der Waals surface area contributed by atoms with Crippen molar-refractivity contribution in [2.24, 2.45) is 0 Å². The van der Waals surface area contributed by atoms with Crippen molar-refractivity contribution in [3.63, 3.8) is 0 Å². The van der Waals surface area contributed by atoms with Crippen LogP contribution in [0.25, 0.3) is 22.3 Å². The molecule has 0 saturated heterocycles. The third-order valence-electron chi connectivity index (χ3n) is 12.8. The second kappa shape index (κ2) is 60.1. The van der Waals surface area contributed by atoms with E-state index in [1.54, 1.807) is 60.7 Å². The fraction of sp³-hybridized carbons (Fsp3) is 0.348. The summed E-state index contributed by atoms with van der Waals surface area (Å²) in [7, 11) is 0. The third kappa shape index (κ3) is 40.3. The fourth-order valence-electron chi connectivity index (χ4n) is 7.80. The zero-order valence-corrected chi connectivity index (χ0v) is 66.7. The summed E-state index contributed by atoms with van der Waals surface area (Å²) in [6.45, 7) is 57.2. The standard InChI is InChI=1S/C21H18F2O.C21H20O.C15H14F2O.C15H16O.10C2H6/c1-15-3-7-17(8-4-15)18-9-13-20(14-10-18)24-21(22,23)19-11-5-16(2)6-12-19;1-16-3-7-18(8-4-16)15-22-21-13-11-20(12-14-21)19-9-5-17(2)6-10-19;1-11-3-7-13(8-4-11)15(16,17)18-14-9-5-12(2)6-10-14;1-12-3-7-14(8-4-12)11-16-15-9-5-13(2)6-10-15;10*1-2/h3-14H,1-2H3;3-14H,15H2,1-2H3;3-10H,1-2H3;3-10H,11H2,1-2H3;10*1-2H3. The van der Waals surface area contributed by atoms with Crippen molar-refractivity contribution in [3.05, 3.63) is 309 Å². The largest absolute Gasteiger partial charge is 0.489 e. The van der Waals surface area contributed by atoms with E-state index < -0.39 is 12.2 Å². The summed E-state index contributed by atoms with van der Waals surface area (Å²) in [5.41, 5.74) is 15.6. The van der Waals surface area contributed by atoms with Gasteiger partial charge >= 0.3 is 12.2 Å². The van der Waals surface area contributed by atoms with E-state index in [0.717, 1.165) is 39.3 Å². The SMILES string of the molecule is CC.CC.CC.CC.CC.CC.CC.CC.CC.CC.Cc1ccc(-c2ccc(OC(F)(F)c3ccc(C)cc3)cc2)cc1.Cc1ccc(COc2ccc(-c3ccc(C)cc3)cc2)cc1.Cc1ccc(COc2ccc(C)cc2)cc1.Cc1ccc(OC(F)(F)c2ccc(C)cc2)cc1. The predicted molar refractivity (Wildman–Crippen MR) is 431 cm³/mol. The first-order valence-corrected chi connectivity index (χ1v) is 36.5. The minimum absolute atomic E-state index is 0.136. The molecule has 0 fully saturated rings. The van der Waals surface area contributed by atoms with Crippen LogP contribution in [0, 0.1) is 55.4 Å². The molecule has 0 aromatic heterocycles. The van der Waals surface area contributed by atoms with Gasteiger partial charge in [0.15, 0.2) is 0 Å². The van der Waals surface area contributed by atoms with Gasteiger partial charge in [-0.05, 0) is 162 Å². The van der Waals surface area contributed by atoms with Gasteiger partial charge in [-0.3, -0.25) is 0 Å². The number of benzene rings is 10. The van der Waals surface area contributed by atoms with Crippen LogP contribution in [0.1, 0.15) is 205 Å². The number of ether oxygens (including phenoxy) is 4. The van der Waals surface area contributed by atoms with Crippen LogP contribution in [0.5, 0.6) is 23.0 Å². The van der Waals surface area contributed by atoms with Gasteiger partial charge in [-0.2, -0.15) is 17.6 Å². The molecule has 10 aromatic rings. The van der Waals surface area contributed by atoms with Crippen LogP contribution < -0.4 is 18.9 Å². The normalized spacial score (nSPS) is 9.28. The molecular weight excluding hydrogens is 1240 g/mol. The Morgan fingerprint density at radius 2 is 0.350 bits per heavy atom. The van der Waals surface area contributed by atoms with Crippen molar-refractivity contribution in [1.29, 1.82) is 0 Å². The van der Waals surface area contributed by atoms with Crippen LogP contribution >= 0.6 is 0 Å². The molecule has 0 N–H and O–H groups in total. The van der Waals surface area contributed by atoms with E-state index in [2.05, 4.69) is 125 Å². The Hall–Kier alpha value is -8.88. The van der Waals surface area contributed by atoms with E-state index >= 15 is 0 Å². The van der Waals surface area contributed by atoms with Crippen molar-refractivity contribution in [2.75, 3.05) is 0 Å². The molecule has 0 atom stereocenters. The summed E-state index contributed by atoms with van der Waals surface area (Å²) in [5.74, 6) is 2.12.